The number of alkyl carbamates (subject to hydrolysis) is 1. The van der Waals surface area contributed by atoms with Gasteiger partial charge in [-0.05, 0) is 27.7 Å². The number of thioether (sulfide) groups is 1. The van der Waals surface area contributed by atoms with Crippen LogP contribution in [0.3, 0.4) is 0 Å². The molecule has 2 heterocycles. The fourth-order valence-corrected chi connectivity index (χ4v) is 3.82. The lowest BCUT2D eigenvalue weighted by atomic mass is 10.1. The number of nitrogens with zero attached hydrogens (tertiary/aromatic N) is 2. The lowest BCUT2D eigenvalue weighted by molar-refractivity contribution is -0.145. The zero-order valence-corrected chi connectivity index (χ0v) is 16.0. The maximum Gasteiger partial charge on any atom is 0.408 e. The Balaban J connectivity index is 1.98. The standard InChI is InChI=1S/C15H21N3O4S2/c1-14(2,3)22-13(20)16-6-10-17-9(7-23-10)11-18-15(4,8-24-11)12(19)21-5/h7H,6,8H2,1-5H3,(H,16,20)/t15-/m0/s1. The molecule has 0 aromatic carbocycles. The average molecular weight is 371 g/mol. The van der Waals surface area contributed by atoms with Crippen LogP contribution in [-0.4, -0.2) is 46.1 Å². The summed E-state index contributed by atoms with van der Waals surface area (Å²) in [4.78, 5) is 32.4. The van der Waals surface area contributed by atoms with E-state index in [9.17, 15) is 9.59 Å². The lowest BCUT2D eigenvalue weighted by Crippen LogP contribution is -2.34. The molecule has 0 radical (unpaired) electrons. The Bertz CT molecular complexity index is 666. The molecule has 2 rings (SSSR count). The maximum atomic E-state index is 11.8. The predicted molar refractivity (Wildman–Crippen MR) is 94.6 cm³/mol. The number of aromatic nitrogens is 1. The van der Waals surface area contributed by atoms with Crippen LogP contribution in [0.1, 0.15) is 38.4 Å². The number of hydrogen-bond donors (Lipinski definition) is 1. The van der Waals surface area contributed by atoms with Gasteiger partial charge < -0.3 is 14.8 Å². The molecular weight excluding hydrogens is 350 g/mol. The van der Waals surface area contributed by atoms with Crippen LogP contribution >= 0.6 is 23.1 Å². The highest BCUT2D eigenvalue weighted by molar-refractivity contribution is 8.14. The number of ether oxygens (including phenoxy) is 2. The first-order valence-corrected chi connectivity index (χ1v) is 9.22. The zero-order valence-electron chi connectivity index (χ0n) is 14.3. The van der Waals surface area contributed by atoms with Gasteiger partial charge in [0, 0.05) is 11.1 Å². The SMILES string of the molecule is COC(=O)[C@]1(C)CSC(c2csc(CNC(=O)OC(C)(C)C)n2)=N1. The topological polar surface area (TPSA) is 89.9 Å². The van der Waals surface area contributed by atoms with Crippen molar-refractivity contribution in [2.24, 2.45) is 4.99 Å². The van der Waals surface area contributed by atoms with Crippen molar-refractivity contribution in [2.45, 2.75) is 45.4 Å². The molecule has 1 N–H and O–H groups in total. The number of thiazole rings is 1. The van der Waals surface area contributed by atoms with Gasteiger partial charge in [0.25, 0.3) is 0 Å². The second-order valence-corrected chi connectivity index (χ2v) is 8.36. The summed E-state index contributed by atoms with van der Waals surface area (Å²) < 4.78 is 9.97. The van der Waals surface area contributed by atoms with Gasteiger partial charge in [-0.3, -0.25) is 4.99 Å². The number of carbonyl (C=O) groups is 2. The minimum absolute atomic E-state index is 0.284. The highest BCUT2D eigenvalue weighted by atomic mass is 32.2. The summed E-state index contributed by atoms with van der Waals surface area (Å²) in [6.45, 7) is 7.45. The Morgan fingerprint density at radius 3 is 2.75 bits per heavy atom. The summed E-state index contributed by atoms with van der Waals surface area (Å²) in [5.41, 5.74) is -0.697. The summed E-state index contributed by atoms with van der Waals surface area (Å²) in [7, 11) is 1.36. The molecule has 0 unspecified atom stereocenters. The number of hydrogen-bond acceptors (Lipinski definition) is 8. The molecule has 1 atom stereocenters. The predicted octanol–water partition coefficient (Wildman–Crippen LogP) is 2.59. The molecule has 132 valence electrons. The molecule has 24 heavy (non-hydrogen) atoms. The molecule has 7 nitrogen and oxygen atoms in total. The van der Waals surface area contributed by atoms with Crippen molar-refractivity contribution in [1.29, 1.82) is 0 Å². The molecule has 0 saturated carbocycles. The van der Waals surface area contributed by atoms with Crippen molar-refractivity contribution in [2.75, 3.05) is 12.9 Å². The van der Waals surface area contributed by atoms with E-state index in [1.165, 1.54) is 30.2 Å². The van der Waals surface area contributed by atoms with E-state index in [0.717, 1.165) is 5.01 Å². The highest BCUT2D eigenvalue weighted by Crippen LogP contribution is 2.32. The fraction of sp³-hybridized carbons (Fsp3) is 0.600. The van der Waals surface area contributed by atoms with Crippen molar-refractivity contribution in [3.63, 3.8) is 0 Å². The van der Waals surface area contributed by atoms with Crippen molar-refractivity contribution in [3.05, 3.63) is 16.1 Å². The van der Waals surface area contributed by atoms with E-state index >= 15 is 0 Å². The Labute approximate surface area is 149 Å². The lowest BCUT2D eigenvalue weighted by Gasteiger charge is -2.19. The second-order valence-electron chi connectivity index (χ2n) is 6.45. The molecule has 1 aliphatic heterocycles. The fourth-order valence-electron chi connectivity index (χ4n) is 1.91. The van der Waals surface area contributed by atoms with Gasteiger partial charge in [-0.1, -0.05) is 0 Å². The second kappa shape index (κ2) is 7.10. The van der Waals surface area contributed by atoms with E-state index in [0.29, 0.717) is 16.5 Å². The van der Waals surface area contributed by atoms with Crippen molar-refractivity contribution in [1.82, 2.24) is 10.3 Å². The summed E-state index contributed by atoms with van der Waals surface area (Å²) in [6.07, 6.45) is -0.481. The molecule has 1 aromatic rings. The Morgan fingerprint density at radius 2 is 2.12 bits per heavy atom. The van der Waals surface area contributed by atoms with Crippen LogP contribution in [0.15, 0.2) is 10.4 Å². The number of methoxy groups -OCH3 is 1. The van der Waals surface area contributed by atoms with Gasteiger partial charge in [-0.15, -0.1) is 23.1 Å². The number of aliphatic imine (C=N–C) groups is 1. The van der Waals surface area contributed by atoms with E-state index in [1.807, 2.05) is 26.2 Å². The number of esters is 1. The smallest absolute Gasteiger partial charge is 0.408 e. The van der Waals surface area contributed by atoms with Crippen LogP contribution < -0.4 is 5.32 Å². The molecule has 0 aliphatic carbocycles. The number of carbonyl (C=O) groups excluding carboxylic acids is 2. The number of nitrogens with one attached hydrogen (secondary N) is 1. The molecule has 0 saturated heterocycles. The molecule has 1 aliphatic rings. The highest BCUT2D eigenvalue weighted by Gasteiger charge is 2.40. The first-order chi connectivity index (χ1) is 11.1. The molecular formula is C15H21N3O4S2. The van der Waals surface area contributed by atoms with E-state index in [-0.39, 0.29) is 12.5 Å². The van der Waals surface area contributed by atoms with Gasteiger partial charge in [0.1, 0.15) is 21.3 Å². The Morgan fingerprint density at radius 1 is 1.42 bits per heavy atom. The zero-order chi connectivity index (χ0) is 18.0. The molecule has 9 heteroatoms. The monoisotopic (exact) mass is 371 g/mol. The van der Waals surface area contributed by atoms with E-state index < -0.39 is 17.2 Å². The summed E-state index contributed by atoms with van der Waals surface area (Å²) in [5, 5.41) is 5.98. The quantitative estimate of drug-likeness (QED) is 0.818. The summed E-state index contributed by atoms with van der Waals surface area (Å²) in [6, 6.07) is 0. The number of amides is 1. The Kier molecular flexibility index (Phi) is 5.54. The van der Waals surface area contributed by atoms with Gasteiger partial charge in [-0.2, -0.15) is 0 Å². The normalized spacial score (nSPS) is 20.5. The third kappa shape index (κ3) is 4.70. The van der Waals surface area contributed by atoms with E-state index in [4.69, 9.17) is 9.47 Å². The van der Waals surface area contributed by atoms with Crippen LogP contribution in [-0.2, 0) is 20.8 Å². The van der Waals surface area contributed by atoms with Crippen LogP contribution in [0.5, 0.6) is 0 Å². The maximum absolute atomic E-state index is 11.8. The molecule has 0 spiro atoms. The third-order valence-electron chi connectivity index (χ3n) is 3.02. The van der Waals surface area contributed by atoms with Crippen LogP contribution in [0.4, 0.5) is 4.79 Å². The van der Waals surface area contributed by atoms with Gasteiger partial charge in [0.2, 0.25) is 0 Å². The van der Waals surface area contributed by atoms with Crippen LogP contribution in [0.25, 0.3) is 0 Å². The first-order valence-electron chi connectivity index (χ1n) is 7.36. The van der Waals surface area contributed by atoms with Crippen molar-refractivity contribution >= 4 is 40.2 Å². The van der Waals surface area contributed by atoms with Gasteiger partial charge in [0.15, 0.2) is 5.54 Å². The van der Waals surface area contributed by atoms with E-state index in [1.54, 1.807) is 6.92 Å². The van der Waals surface area contributed by atoms with Crippen LogP contribution in [0.2, 0.25) is 0 Å². The molecule has 1 amide bonds. The molecule has 1 aromatic heterocycles. The first kappa shape index (κ1) is 18.7. The summed E-state index contributed by atoms with van der Waals surface area (Å²) >= 11 is 2.89. The Hall–Kier alpha value is -1.61. The van der Waals surface area contributed by atoms with Crippen molar-refractivity contribution < 1.29 is 19.1 Å². The average Bonchev–Trinajstić information content (AvgIpc) is 3.10. The van der Waals surface area contributed by atoms with Gasteiger partial charge in [0.05, 0.1) is 13.7 Å². The van der Waals surface area contributed by atoms with Gasteiger partial charge >= 0.3 is 12.1 Å². The van der Waals surface area contributed by atoms with Crippen LogP contribution in [0, 0.1) is 0 Å². The number of rotatable bonds is 4. The summed E-state index contributed by atoms with van der Waals surface area (Å²) in [5.74, 6) is 0.171. The minimum Gasteiger partial charge on any atom is -0.467 e. The molecule has 0 bridgehead atoms. The molecule has 0 fully saturated rings. The minimum atomic E-state index is -0.868. The third-order valence-corrected chi connectivity index (χ3v) is 5.15. The van der Waals surface area contributed by atoms with Crippen molar-refractivity contribution in [3.8, 4) is 0 Å². The largest absolute Gasteiger partial charge is 0.467 e. The van der Waals surface area contributed by atoms with Gasteiger partial charge in [-0.25, -0.2) is 14.6 Å². The van der Waals surface area contributed by atoms with E-state index in [2.05, 4.69) is 15.3 Å².